The number of carbonyl (C=O) groups excluding carboxylic acids is 3. The second-order valence-electron chi connectivity index (χ2n) is 7.56. The summed E-state index contributed by atoms with van der Waals surface area (Å²) in [5.41, 5.74) is 1.27. The van der Waals surface area contributed by atoms with E-state index in [-0.39, 0.29) is 24.5 Å². The fraction of sp³-hybridized carbons (Fsp3) is 0.375. The lowest BCUT2D eigenvalue weighted by Gasteiger charge is -2.34. The maximum Gasteiger partial charge on any atom is 0.328 e. The Labute approximate surface area is 177 Å². The number of benzene rings is 2. The van der Waals surface area contributed by atoms with Crippen LogP contribution in [-0.4, -0.2) is 36.5 Å². The van der Waals surface area contributed by atoms with E-state index in [0.717, 1.165) is 31.4 Å². The zero-order valence-electron chi connectivity index (χ0n) is 17.3. The molecule has 158 valence electrons. The van der Waals surface area contributed by atoms with Gasteiger partial charge in [-0.2, -0.15) is 0 Å². The van der Waals surface area contributed by atoms with Crippen molar-refractivity contribution in [1.82, 2.24) is 5.32 Å². The molecule has 6 nitrogen and oxygen atoms in total. The first-order valence-corrected chi connectivity index (χ1v) is 10.5. The third kappa shape index (κ3) is 5.69. The summed E-state index contributed by atoms with van der Waals surface area (Å²) in [6.07, 6.45) is 5.24. The fourth-order valence-electron chi connectivity index (χ4n) is 3.74. The highest BCUT2D eigenvalue weighted by Gasteiger charge is 2.28. The summed E-state index contributed by atoms with van der Waals surface area (Å²) >= 11 is 0. The third-order valence-corrected chi connectivity index (χ3v) is 5.32. The second-order valence-corrected chi connectivity index (χ2v) is 7.56. The Morgan fingerprint density at radius 1 is 0.967 bits per heavy atom. The van der Waals surface area contributed by atoms with Crippen LogP contribution in [0.1, 0.15) is 49.4 Å². The molecule has 1 saturated carbocycles. The summed E-state index contributed by atoms with van der Waals surface area (Å²) in [6.45, 7) is 1.19. The predicted molar refractivity (Wildman–Crippen MR) is 115 cm³/mol. The van der Waals surface area contributed by atoms with Crippen LogP contribution in [-0.2, 0) is 14.3 Å². The number of para-hydroxylation sites is 1. The van der Waals surface area contributed by atoms with Crippen LogP contribution < -0.4 is 10.2 Å². The monoisotopic (exact) mass is 408 g/mol. The Balaban J connectivity index is 1.58. The molecular formula is C24H28N2O4. The van der Waals surface area contributed by atoms with Gasteiger partial charge in [-0.05, 0) is 44.0 Å². The van der Waals surface area contributed by atoms with Crippen LogP contribution in [0.15, 0.2) is 60.7 Å². The zero-order chi connectivity index (χ0) is 21.3. The van der Waals surface area contributed by atoms with Crippen molar-refractivity contribution in [1.29, 1.82) is 0 Å². The van der Waals surface area contributed by atoms with Crippen molar-refractivity contribution in [2.75, 3.05) is 11.5 Å². The van der Waals surface area contributed by atoms with Gasteiger partial charge in [0.25, 0.3) is 11.8 Å². The first-order valence-electron chi connectivity index (χ1n) is 10.5. The molecule has 1 atom stereocenters. The molecule has 0 spiro atoms. The summed E-state index contributed by atoms with van der Waals surface area (Å²) in [6, 6.07) is 17.4. The SMILES string of the molecule is C[C@H](NC(=O)c1ccccc1)C(=O)OCC(=O)N(c1ccccc1)C1CCCCC1. The minimum Gasteiger partial charge on any atom is -0.454 e. The molecule has 30 heavy (non-hydrogen) atoms. The van der Waals surface area contributed by atoms with Gasteiger partial charge in [-0.15, -0.1) is 0 Å². The number of ether oxygens (including phenoxy) is 1. The molecule has 1 aliphatic rings. The van der Waals surface area contributed by atoms with Crippen LogP contribution >= 0.6 is 0 Å². The Kier molecular flexibility index (Phi) is 7.60. The van der Waals surface area contributed by atoms with E-state index >= 15 is 0 Å². The van der Waals surface area contributed by atoms with Gasteiger partial charge in [-0.3, -0.25) is 9.59 Å². The molecule has 0 bridgehead atoms. The van der Waals surface area contributed by atoms with Crippen LogP contribution in [0.3, 0.4) is 0 Å². The molecule has 2 aromatic rings. The van der Waals surface area contributed by atoms with Crippen molar-refractivity contribution in [3.63, 3.8) is 0 Å². The molecule has 2 aromatic carbocycles. The topological polar surface area (TPSA) is 75.7 Å². The van der Waals surface area contributed by atoms with Gasteiger partial charge in [0.05, 0.1) is 0 Å². The highest BCUT2D eigenvalue weighted by Crippen LogP contribution is 2.27. The quantitative estimate of drug-likeness (QED) is 0.709. The summed E-state index contributed by atoms with van der Waals surface area (Å²) < 4.78 is 5.25. The molecule has 0 radical (unpaired) electrons. The Morgan fingerprint density at radius 2 is 1.57 bits per heavy atom. The highest BCUT2D eigenvalue weighted by atomic mass is 16.5. The molecule has 0 unspecified atom stereocenters. The molecule has 0 aromatic heterocycles. The van der Waals surface area contributed by atoms with Crippen LogP contribution in [0.5, 0.6) is 0 Å². The zero-order valence-corrected chi connectivity index (χ0v) is 17.3. The minimum absolute atomic E-state index is 0.113. The van der Waals surface area contributed by atoms with Gasteiger partial charge in [0.1, 0.15) is 6.04 Å². The number of hydrogen-bond donors (Lipinski definition) is 1. The predicted octanol–water partition coefficient (Wildman–Crippen LogP) is 3.71. The molecule has 0 aliphatic heterocycles. The maximum absolute atomic E-state index is 13.0. The molecule has 1 fully saturated rings. The number of hydrogen-bond acceptors (Lipinski definition) is 4. The molecule has 2 amide bonds. The molecule has 1 N–H and O–H groups in total. The van der Waals surface area contributed by atoms with Gasteiger partial charge in [0.2, 0.25) is 0 Å². The van der Waals surface area contributed by atoms with Crippen molar-refractivity contribution in [2.24, 2.45) is 0 Å². The number of esters is 1. The van der Waals surface area contributed by atoms with E-state index in [2.05, 4.69) is 5.32 Å². The molecule has 0 heterocycles. The summed E-state index contributed by atoms with van der Waals surface area (Å²) in [7, 11) is 0. The lowest BCUT2D eigenvalue weighted by atomic mass is 9.93. The summed E-state index contributed by atoms with van der Waals surface area (Å²) in [5.74, 6) is -1.24. The summed E-state index contributed by atoms with van der Waals surface area (Å²) in [5, 5.41) is 2.61. The highest BCUT2D eigenvalue weighted by molar-refractivity contribution is 5.98. The van der Waals surface area contributed by atoms with Crippen LogP contribution in [0, 0.1) is 0 Å². The number of rotatable bonds is 7. The standard InChI is InChI=1S/C24H28N2O4/c1-18(25-23(28)19-11-5-2-6-12-19)24(29)30-17-22(27)26(20-13-7-3-8-14-20)21-15-9-4-10-16-21/h2-3,5-8,11-14,18,21H,4,9-10,15-17H2,1H3,(H,25,28)/t18-/m0/s1. The van der Waals surface area contributed by atoms with Crippen molar-refractivity contribution in [3.05, 3.63) is 66.2 Å². The van der Waals surface area contributed by atoms with Gasteiger partial charge in [0, 0.05) is 17.3 Å². The van der Waals surface area contributed by atoms with E-state index in [9.17, 15) is 14.4 Å². The van der Waals surface area contributed by atoms with E-state index in [4.69, 9.17) is 4.74 Å². The number of nitrogens with zero attached hydrogens (tertiary/aromatic N) is 1. The average molecular weight is 408 g/mol. The third-order valence-electron chi connectivity index (χ3n) is 5.32. The Morgan fingerprint density at radius 3 is 2.20 bits per heavy atom. The molecule has 0 saturated heterocycles. The van der Waals surface area contributed by atoms with Crippen molar-refractivity contribution in [2.45, 2.75) is 51.1 Å². The second kappa shape index (κ2) is 10.6. The van der Waals surface area contributed by atoms with Gasteiger partial charge >= 0.3 is 5.97 Å². The average Bonchev–Trinajstić information content (AvgIpc) is 2.79. The first kappa shape index (κ1) is 21.6. The molecule has 6 heteroatoms. The van der Waals surface area contributed by atoms with E-state index in [1.54, 1.807) is 36.1 Å². The lowest BCUT2D eigenvalue weighted by molar-refractivity contribution is -0.149. The number of amides is 2. The molecule has 1 aliphatic carbocycles. The number of nitrogens with one attached hydrogen (secondary N) is 1. The largest absolute Gasteiger partial charge is 0.454 e. The van der Waals surface area contributed by atoms with E-state index in [0.29, 0.717) is 5.56 Å². The van der Waals surface area contributed by atoms with Gasteiger partial charge in [-0.1, -0.05) is 55.7 Å². The van der Waals surface area contributed by atoms with Gasteiger partial charge in [0.15, 0.2) is 6.61 Å². The maximum atomic E-state index is 13.0. The van der Waals surface area contributed by atoms with E-state index in [1.165, 1.54) is 6.42 Å². The molecular weight excluding hydrogens is 380 g/mol. The Bertz CT molecular complexity index is 848. The Hall–Kier alpha value is -3.15. The van der Waals surface area contributed by atoms with Crippen LogP contribution in [0.2, 0.25) is 0 Å². The van der Waals surface area contributed by atoms with Crippen molar-refractivity contribution >= 4 is 23.5 Å². The summed E-state index contributed by atoms with van der Waals surface area (Å²) in [4.78, 5) is 39.3. The van der Waals surface area contributed by atoms with Crippen LogP contribution in [0.4, 0.5) is 5.69 Å². The normalized spacial score (nSPS) is 15.1. The number of anilines is 1. The smallest absolute Gasteiger partial charge is 0.328 e. The van der Waals surface area contributed by atoms with Crippen molar-refractivity contribution in [3.8, 4) is 0 Å². The first-order chi connectivity index (χ1) is 14.6. The van der Waals surface area contributed by atoms with Crippen molar-refractivity contribution < 1.29 is 19.1 Å². The number of carbonyl (C=O) groups is 3. The fourth-order valence-corrected chi connectivity index (χ4v) is 3.74. The van der Waals surface area contributed by atoms with Gasteiger partial charge in [-0.25, -0.2) is 4.79 Å². The van der Waals surface area contributed by atoms with Gasteiger partial charge < -0.3 is 15.0 Å². The van der Waals surface area contributed by atoms with Crippen LogP contribution in [0.25, 0.3) is 0 Å². The minimum atomic E-state index is -0.856. The lowest BCUT2D eigenvalue weighted by Crippen LogP contribution is -2.45. The van der Waals surface area contributed by atoms with E-state index < -0.39 is 12.0 Å². The van der Waals surface area contributed by atoms with E-state index in [1.807, 2.05) is 36.4 Å². The molecule has 3 rings (SSSR count).